The van der Waals surface area contributed by atoms with E-state index in [0.717, 1.165) is 49.7 Å². The van der Waals surface area contributed by atoms with Crippen molar-refractivity contribution in [3.63, 3.8) is 0 Å². The van der Waals surface area contributed by atoms with E-state index in [2.05, 4.69) is 9.88 Å². The number of aryl methyl sites for hydroxylation is 1. The summed E-state index contributed by atoms with van der Waals surface area (Å²) in [7, 11) is 0. The monoisotopic (exact) mass is 312 g/mol. The Morgan fingerprint density at radius 1 is 1.38 bits per heavy atom. The van der Waals surface area contributed by atoms with Crippen molar-refractivity contribution in [3.8, 4) is 0 Å². The summed E-state index contributed by atoms with van der Waals surface area (Å²) in [6.07, 6.45) is 2.22. The molecule has 1 aromatic rings. The van der Waals surface area contributed by atoms with Crippen molar-refractivity contribution in [2.24, 2.45) is 5.73 Å². The van der Waals surface area contributed by atoms with Gasteiger partial charge in [-0.1, -0.05) is 0 Å². The van der Waals surface area contributed by atoms with E-state index in [1.165, 1.54) is 0 Å². The van der Waals surface area contributed by atoms with Gasteiger partial charge in [-0.25, -0.2) is 4.98 Å². The van der Waals surface area contributed by atoms with E-state index in [0.29, 0.717) is 19.5 Å². The Bertz CT molecular complexity index is 444. The van der Waals surface area contributed by atoms with Gasteiger partial charge < -0.3 is 15.7 Å². The molecule has 1 aromatic heterocycles. The van der Waals surface area contributed by atoms with Crippen LogP contribution in [-0.2, 0) is 17.6 Å². The van der Waals surface area contributed by atoms with Crippen LogP contribution in [0.3, 0.4) is 0 Å². The summed E-state index contributed by atoms with van der Waals surface area (Å²) < 4.78 is 0. The number of nitrogens with two attached hydrogens (primary N) is 1. The molecule has 3 N–H and O–H groups in total. The number of aliphatic hydroxyl groups excluding tert-OH is 1. The normalized spacial score (nSPS) is 16.4. The number of nitrogens with zero attached hydrogens (tertiary/aromatic N) is 3. The van der Waals surface area contributed by atoms with Crippen LogP contribution in [0.15, 0.2) is 5.38 Å². The van der Waals surface area contributed by atoms with Gasteiger partial charge in [0.2, 0.25) is 5.91 Å². The molecule has 1 fully saturated rings. The second kappa shape index (κ2) is 8.43. The topological polar surface area (TPSA) is 82.7 Å². The van der Waals surface area contributed by atoms with E-state index in [1.54, 1.807) is 11.3 Å². The molecule has 0 aromatic carbocycles. The highest BCUT2D eigenvalue weighted by Gasteiger charge is 2.21. The van der Waals surface area contributed by atoms with E-state index in [4.69, 9.17) is 10.8 Å². The Hall–Kier alpha value is -1.02. The fourth-order valence-electron chi connectivity index (χ4n) is 2.43. The van der Waals surface area contributed by atoms with E-state index in [9.17, 15) is 4.79 Å². The summed E-state index contributed by atoms with van der Waals surface area (Å²) >= 11 is 1.61. The first kappa shape index (κ1) is 16.4. The van der Waals surface area contributed by atoms with E-state index >= 15 is 0 Å². The lowest BCUT2D eigenvalue weighted by atomic mass is 10.2. The molecule has 0 spiro atoms. The number of hydrogen-bond acceptors (Lipinski definition) is 6. The number of carbonyl (C=O) groups is 1. The van der Waals surface area contributed by atoms with Crippen molar-refractivity contribution in [3.05, 3.63) is 16.1 Å². The number of thiazole rings is 1. The molecule has 6 nitrogen and oxygen atoms in total. The molecule has 118 valence electrons. The van der Waals surface area contributed by atoms with Crippen LogP contribution < -0.4 is 5.73 Å². The minimum absolute atomic E-state index is 0.148. The highest BCUT2D eigenvalue weighted by molar-refractivity contribution is 7.09. The number of aromatic nitrogens is 1. The number of aliphatic hydroxyl groups is 1. The third-order valence-electron chi connectivity index (χ3n) is 3.67. The highest BCUT2D eigenvalue weighted by atomic mass is 32.1. The zero-order valence-electron chi connectivity index (χ0n) is 12.3. The lowest BCUT2D eigenvalue weighted by Gasteiger charge is -2.34. The number of hydrogen-bond donors (Lipinski definition) is 2. The molecule has 0 bridgehead atoms. The minimum atomic E-state index is 0.148. The second-order valence-corrected chi connectivity index (χ2v) is 6.19. The Morgan fingerprint density at radius 2 is 2.14 bits per heavy atom. The molecule has 1 saturated heterocycles. The van der Waals surface area contributed by atoms with E-state index in [1.807, 2.05) is 10.3 Å². The summed E-state index contributed by atoms with van der Waals surface area (Å²) in [4.78, 5) is 20.8. The smallest absolute Gasteiger partial charge is 0.228 e. The second-order valence-electron chi connectivity index (χ2n) is 5.25. The molecule has 0 unspecified atom stereocenters. The van der Waals surface area contributed by atoms with Gasteiger partial charge in [0.05, 0.1) is 23.7 Å². The molecule has 0 aliphatic carbocycles. The van der Waals surface area contributed by atoms with Gasteiger partial charge in [0.25, 0.3) is 0 Å². The van der Waals surface area contributed by atoms with Gasteiger partial charge in [0, 0.05) is 44.5 Å². The van der Waals surface area contributed by atoms with Crippen LogP contribution >= 0.6 is 11.3 Å². The highest BCUT2D eigenvalue weighted by Crippen LogP contribution is 2.13. The number of β-amino-alcohol motifs (C(OH)–C–C–N with tert-alkyl or cyclic N) is 1. The lowest BCUT2D eigenvalue weighted by molar-refractivity contribution is -0.132. The van der Waals surface area contributed by atoms with Crippen molar-refractivity contribution >= 4 is 17.2 Å². The summed E-state index contributed by atoms with van der Waals surface area (Å²) in [5, 5.41) is 12.0. The summed E-state index contributed by atoms with van der Waals surface area (Å²) in [6.45, 7) is 4.70. The van der Waals surface area contributed by atoms with Gasteiger partial charge in [-0.3, -0.25) is 9.69 Å². The van der Waals surface area contributed by atoms with Crippen molar-refractivity contribution < 1.29 is 9.90 Å². The van der Waals surface area contributed by atoms with Crippen LogP contribution in [-0.4, -0.2) is 71.7 Å². The van der Waals surface area contributed by atoms with Crippen LogP contribution in [0.2, 0.25) is 0 Å². The molecule has 1 aliphatic rings. The summed E-state index contributed by atoms with van der Waals surface area (Å²) in [6, 6.07) is 0. The standard InChI is InChI=1S/C14H24N4O2S/c15-3-1-2-13-16-12(11-21-13)10-14(20)18-6-4-17(5-7-18)8-9-19/h11,19H,1-10,15H2. The fraction of sp³-hybridized carbons (Fsp3) is 0.714. The Kier molecular flexibility index (Phi) is 6.56. The molecular weight excluding hydrogens is 288 g/mol. The zero-order valence-corrected chi connectivity index (χ0v) is 13.1. The molecule has 1 amide bonds. The molecule has 2 rings (SSSR count). The maximum atomic E-state index is 12.3. The van der Waals surface area contributed by atoms with Gasteiger partial charge in [0.1, 0.15) is 0 Å². The first-order valence-electron chi connectivity index (χ1n) is 7.47. The third-order valence-corrected chi connectivity index (χ3v) is 4.63. The Balaban J connectivity index is 1.78. The third kappa shape index (κ3) is 5.03. The summed E-state index contributed by atoms with van der Waals surface area (Å²) in [5.74, 6) is 0.148. The van der Waals surface area contributed by atoms with Crippen molar-refractivity contribution in [2.75, 3.05) is 45.9 Å². The molecule has 2 heterocycles. The number of piperazine rings is 1. The summed E-state index contributed by atoms with van der Waals surface area (Å²) in [5.41, 5.74) is 6.36. The Morgan fingerprint density at radius 3 is 2.81 bits per heavy atom. The van der Waals surface area contributed by atoms with E-state index < -0.39 is 0 Å². The predicted molar refractivity (Wildman–Crippen MR) is 83.3 cm³/mol. The maximum Gasteiger partial charge on any atom is 0.228 e. The zero-order chi connectivity index (χ0) is 15.1. The van der Waals surface area contributed by atoms with Crippen molar-refractivity contribution in [1.82, 2.24) is 14.8 Å². The molecule has 7 heteroatoms. The van der Waals surface area contributed by atoms with Gasteiger partial charge in [-0.15, -0.1) is 11.3 Å². The van der Waals surface area contributed by atoms with Crippen LogP contribution in [0.5, 0.6) is 0 Å². The van der Waals surface area contributed by atoms with Gasteiger partial charge in [-0.05, 0) is 13.0 Å². The van der Waals surface area contributed by atoms with Gasteiger partial charge >= 0.3 is 0 Å². The first-order valence-corrected chi connectivity index (χ1v) is 8.35. The van der Waals surface area contributed by atoms with Gasteiger partial charge in [-0.2, -0.15) is 0 Å². The minimum Gasteiger partial charge on any atom is -0.395 e. The molecule has 1 aliphatic heterocycles. The SMILES string of the molecule is NCCCc1nc(CC(=O)N2CCN(CCO)CC2)cs1. The first-order chi connectivity index (χ1) is 10.2. The molecule has 0 saturated carbocycles. The van der Waals surface area contributed by atoms with Crippen LogP contribution in [0.1, 0.15) is 17.1 Å². The number of rotatable bonds is 7. The average Bonchev–Trinajstić information content (AvgIpc) is 2.93. The van der Waals surface area contributed by atoms with Crippen molar-refractivity contribution in [1.29, 1.82) is 0 Å². The van der Waals surface area contributed by atoms with Crippen molar-refractivity contribution in [2.45, 2.75) is 19.3 Å². The fourth-order valence-corrected chi connectivity index (χ4v) is 3.27. The largest absolute Gasteiger partial charge is 0.395 e. The van der Waals surface area contributed by atoms with E-state index in [-0.39, 0.29) is 12.5 Å². The average molecular weight is 312 g/mol. The van der Waals surface area contributed by atoms with Crippen LogP contribution in [0.4, 0.5) is 0 Å². The molecule has 21 heavy (non-hydrogen) atoms. The van der Waals surface area contributed by atoms with Crippen LogP contribution in [0.25, 0.3) is 0 Å². The molecule has 0 radical (unpaired) electrons. The Labute approximate surface area is 129 Å². The molecule has 0 atom stereocenters. The number of amides is 1. The quantitative estimate of drug-likeness (QED) is 0.723. The number of carbonyl (C=O) groups excluding carboxylic acids is 1. The lowest BCUT2D eigenvalue weighted by Crippen LogP contribution is -2.49. The molecular formula is C14H24N4O2S. The van der Waals surface area contributed by atoms with Gasteiger partial charge in [0.15, 0.2) is 0 Å². The van der Waals surface area contributed by atoms with Crippen LogP contribution in [0, 0.1) is 0 Å². The predicted octanol–water partition coefficient (Wildman–Crippen LogP) is -0.287. The maximum absolute atomic E-state index is 12.3.